The van der Waals surface area contributed by atoms with E-state index in [9.17, 15) is 0 Å². The second-order valence-electron chi connectivity index (χ2n) is 5.60. The summed E-state index contributed by atoms with van der Waals surface area (Å²) in [5.41, 5.74) is 1.14. The molecule has 3 nitrogen and oxygen atoms in total. The van der Waals surface area contributed by atoms with E-state index in [1.54, 1.807) is 0 Å². The molecule has 2 heterocycles. The lowest BCUT2D eigenvalue weighted by atomic mass is 9.97. The van der Waals surface area contributed by atoms with E-state index in [-0.39, 0.29) is 0 Å². The number of nitrogens with one attached hydrogen (secondary N) is 1. The van der Waals surface area contributed by atoms with Gasteiger partial charge in [-0.05, 0) is 50.4 Å². The number of nitrogens with zero attached hydrogens (tertiary/aromatic N) is 2. The first kappa shape index (κ1) is 13.8. The highest BCUT2D eigenvalue weighted by atomic mass is 32.1. The predicted molar refractivity (Wildman–Crippen MR) is 87.7 cm³/mol. The smallest absolute Gasteiger partial charge is 0.186 e. The van der Waals surface area contributed by atoms with Crippen LogP contribution in [0.15, 0.2) is 24.3 Å². The Morgan fingerprint density at radius 2 is 2.10 bits per heavy atom. The fraction of sp³-hybridized carbons (Fsp3) is 0.562. The molecule has 1 aromatic heterocycles. The second kappa shape index (κ2) is 6.55. The van der Waals surface area contributed by atoms with Crippen LogP contribution in [0.1, 0.15) is 26.2 Å². The molecule has 1 N–H and O–H groups in total. The molecule has 0 amide bonds. The van der Waals surface area contributed by atoms with Crippen molar-refractivity contribution in [1.82, 2.24) is 10.3 Å². The van der Waals surface area contributed by atoms with Crippen molar-refractivity contribution in [1.29, 1.82) is 0 Å². The second-order valence-corrected chi connectivity index (χ2v) is 6.61. The van der Waals surface area contributed by atoms with Crippen LogP contribution in [0.2, 0.25) is 0 Å². The minimum atomic E-state index is 0.840. The molecule has 0 aliphatic carbocycles. The first-order valence-electron chi connectivity index (χ1n) is 7.68. The van der Waals surface area contributed by atoms with Crippen LogP contribution in [-0.2, 0) is 0 Å². The number of anilines is 1. The standard InChI is InChI=1S/C16H23N3S/c1-2-9-17-12-13-7-10-19(11-8-13)16-18-14-5-3-4-6-15(14)20-16/h3-6,13,17H,2,7-12H2,1H3. The van der Waals surface area contributed by atoms with Gasteiger partial charge in [-0.2, -0.15) is 0 Å². The molecule has 1 saturated heterocycles. The van der Waals surface area contributed by atoms with E-state index in [1.807, 2.05) is 11.3 Å². The van der Waals surface area contributed by atoms with E-state index in [2.05, 4.69) is 41.4 Å². The van der Waals surface area contributed by atoms with Gasteiger partial charge >= 0.3 is 0 Å². The third kappa shape index (κ3) is 3.13. The van der Waals surface area contributed by atoms with Crippen molar-refractivity contribution < 1.29 is 0 Å². The summed E-state index contributed by atoms with van der Waals surface area (Å²) >= 11 is 1.83. The van der Waals surface area contributed by atoms with Crippen LogP contribution in [0.25, 0.3) is 10.2 Å². The summed E-state index contributed by atoms with van der Waals surface area (Å²) in [6, 6.07) is 8.43. The number of para-hydroxylation sites is 1. The lowest BCUT2D eigenvalue weighted by Crippen LogP contribution is -2.37. The molecular weight excluding hydrogens is 266 g/mol. The van der Waals surface area contributed by atoms with Gasteiger partial charge in [0.1, 0.15) is 0 Å². The van der Waals surface area contributed by atoms with E-state index in [0.29, 0.717) is 0 Å². The number of aromatic nitrogens is 1. The topological polar surface area (TPSA) is 28.2 Å². The van der Waals surface area contributed by atoms with Crippen LogP contribution in [0, 0.1) is 5.92 Å². The van der Waals surface area contributed by atoms with Gasteiger partial charge in [0, 0.05) is 13.1 Å². The maximum absolute atomic E-state index is 4.77. The lowest BCUT2D eigenvalue weighted by Gasteiger charge is -2.31. The van der Waals surface area contributed by atoms with Gasteiger partial charge in [0.2, 0.25) is 0 Å². The number of piperidine rings is 1. The van der Waals surface area contributed by atoms with Gasteiger partial charge in [-0.3, -0.25) is 0 Å². The maximum atomic E-state index is 4.77. The maximum Gasteiger partial charge on any atom is 0.186 e. The molecule has 108 valence electrons. The van der Waals surface area contributed by atoms with Gasteiger partial charge in [0.25, 0.3) is 0 Å². The van der Waals surface area contributed by atoms with Gasteiger partial charge in [0.05, 0.1) is 10.2 Å². The predicted octanol–water partition coefficient (Wildman–Crippen LogP) is 3.51. The average molecular weight is 289 g/mol. The van der Waals surface area contributed by atoms with Crippen molar-refractivity contribution in [2.45, 2.75) is 26.2 Å². The van der Waals surface area contributed by atoms with Crippen molar-refractivity contribution in [3.8, 4) is 0 Å². The Labute approximate surface area is 125 Å². The van der Waals surface area contributed by atoms with Crippen LogP contribution < -0.4 is 10.2 Å². The summed E-state index contributed by atoms with van der Waals surface area (Å²) in [4.78, 5) is 7.22. The molecule has 0 atom stereocenters. The molecule has 2 aromatic rings. The zero-order valence-corrected chi connectivity index (χ0v) is 13.0. The van der Waals surface area contributed by atoms with Crippen LogP contribution in [0.5, 0.6) is 0 Å². The van der Waals surface area contributed by atoms with Crippen LogP contribution >= 0.6 is 11.3 Å². The Morgan fingerprint density at radius 1 is 1.30 bits per heavy atom. The van der Waals surface area contributed by atoms with Crippen LogP contribution in [0.3, 0.4) is 0 Å². The van der Waals surface area contributed by atoms with Crippen molar-refractivity contribution >= 4 is 26.7 Å². The molecule has 1 aromatic carbocycles. The Morgan fingerprint density at radius 3 is 2.85 bits per heavy atom. The Hall–Kier alpha value is -1.13. The molecule has 0 radical (unpaired) electrons. The Kier molecular flexibility index (Phi) is 4.53. The largest absolute Gasteiger partial charge is 0.348 e. The zero-order chi connectivity index (χ0) is 13.8. The highest BCUT2D eigenvalue weighted by Gasteiger charge is 2.21. The number of fused-ring (bicyclic) bond motifs is 1. The van der Waals surface area contributed by atoms with E-state index in [0.717, 1.165) is 31.1 Å². The SMILES string of the molecule is CCCNCC1CCN(c2nc3ccccc3s2)CC1. The summed E-state index contributed by atoms with van der Waals surface area (Å²) in [5.74, 6) is 0.840. The van der Waals surface area contributed by atoms with Crippen molar-refractivity contribution in [3.05, 3.63) is 24.3 Å². The third-order valence-electron chi connectivity index (χ3n) is 4.03. The molecule has 1 aliphatic rings. The van der Waals surface area contributed by atoms with E-state index in [4.69, 9.17) is 4.98 Å². The number of benzene rings is 1. The van der Waals surface area contributed by atoms with Gasteiger partial charge in [-0.25, -0.2) is 4.98 Å². The molecule has 3 rings (SSSR count). The van der Waals surface area contributed by atoms with Gasteiger partial charge in [-0.1, -0.05) is 30.4 Å². The monoisotopic (exact) mass is 289 g/mol. The third-order valence-corrected chi connectivity index (χ3v) is 5.12. The molecule has 0 saturated carbocycles. The van der Waals surface area contributed by atoms with Crippen molar-refractivity contribution in [3.63, 3.8) is 0 Å². The molecule has 1 aliphatic heterocycles. The number of thiazole rings is 1. The van der Waals surface area contributed by atoms with Gasteiger partial charge in [0.15, 0.2) is 5.13 Å². The minimum Gasteiger partial charge on any atom is -0.348 e. The quantitative estimate of drug-likeness (QED) is 0.854. The molecule has 4 heteroatoms. The molecule has 0 unspecified atom stereocenters. The lowest BCUT2D eigenvalue weighted by molar-refractivity contribution is 0.383. The van der Waals surface area contributed by atoms with E-state index in [1.165, 1.54) is 35.6 Å². The van der Waals surface area contributed by atoms with Crippen LogP contribution in [-0.4, -0.2) is 31.2 Å². The van der Waals surface area contributed by atoms with E-state index >= 15 is 0 Å². The summed E-state index contributed by atoms with van der Waals surface area (Å²) in [6.45, 7) is 6.86. The highest BCUT2D eigenvalue weighted by molar-refractivity contribution is 7.22. The van der Waals surface area contributed by atoms with E-state index < -0.39 is 0 Å². The normalized spacial score (nSPS) is 16.9. The van der Waals surface area contributed by atoms with Crippen LogP contribution in [0.4, 0.5) is 5.13 Å². The number of hydrogen-bond acceptors (Lipinski definition) is 4. The first-order valence-corrected chi connectivity index (χ1v) is 8.49. The molecular formula is C16H23N3S. The van der Waals surface area contributed by atoms with Gasteiger partial charge < -0.3 is 10.2 Å². The van der Waals surface area contributed by atoms with Gasteiger partial charge in [-0.15, -0.1) is 0 Å². The molecule has 20 heavy (non-hydrogen) atoms. The summed E-state index contributed by atoms with van der Waals surface area (Å²) in [5, 5.41) is 4.75. The summed E-state index contributed by atoms with van der Waals surface area (Å²) < 4.78 is 1.30. The minimum absolute atomic E-state index is 0.840. The number of rotatable bonds is 5. The summed E-state index contributed by atoms with van der Waals surface area (Å²) in [6.07, 6.45) is 3.80. The summed E-state index contributed by atoms with van der Waals surface area (Å²) in [7, 11) is 0. The molecule has 0 spiro atoms. The van der Waals surface area contributed by atoms with Crippen molar-refractivity contribution in [2.75, 3.05) is 31.1 Å². The average Bonchev–Trinajstić information content (AvgIpc) is 2.92. The first-order chi connectivity index (χ1) is 9.86. The Bertz CT molecular complexity index is 510. The fourth-order valence-corrected chi connectivity index (χ4v) is 3.82. The van der Waals surface area contributed by atoms with Crippen molar-refractivity contribution in [2.24, 2.45) is 5.92 Å². The number of hydrogen-bond donors (Lipinski definition) is 1. The fourth-order valence-electron chi connectivity index (χ4n) is 2.81. The highest BCUT2D eigenvalue weighted by Crippen LogP contribution is 2.31. The Balaban J connectivity index is 1.57. The zero-order valence-electron chi connectivity index (χ0n) is 12.1. The molecule has 1 fully saturated rings. The molecule has 0 bridgehead atoms.